The first-order valence-electron chi connectivity index (χ1n) is 12.5. The Labute approximate surface area is 212 Å². The molecule has 1 amide bonds. The molecule has 0 bridgehead atoms. The third kappa shape index (κ3) is 4.66. The summed E-state index contributed by atoms with van der Waals surface area (Å²) in [6.07, 6.45) is 5.89. The minimum atomic E-state index is -0.513. The lowest BCUT2D eigenvalue weighted by Gasteiger charge is -2.41. The molecule has 1 atom stereocenters. The topological polar surface area (TPSA) is 82.0 Å². The second-order valence-electron chi connectivity index (χ2n) is 10.7. The summed E-state index contributed by atoms with van der Waals surface area (Å²) in [5.41, 5.74) is 2.54. The van der Waals surface area contributed by atoms with E-state index in [1.54, 1.807) is 25.4 Å². The van der Waals surface area contributed by atoms with Crippen LogP contribution in [0, 0.1) is 0 Å². The Morgan fingerprint density at radius 2 is 1.72 bits per heavy atom. The molecule has 1 aromatic carbocycles. The zero-order valence-electron chi connectivity index (χ0n) is 21.9. The third-order valence-electron chi connectivity index (χ3n) is 6.78. The Hall–Kier alpha value is -3.49. The van der Waals surface area contributed by atoms with Gasteiger partial charge in [0.1, 0.15) is 34.9 Å². The number of hydrogen-bond acceptors (Lipinski definition) is 7. The molecule has 36 heavy (non-hydrogen) atoms. The van der Waals surface area contributed by atoms with Gasteiger partial charge in [-0.1, -0.05) is 0 Å². The van der Waals surface area contributed by atoms with Gasteiger partial charge < -0.3 is 28.6 Å². The number of piperazine rings is 1. The summed E-state index contributed by atoms with van der Waals surface area (Å²) < 4.78 is 18.7. The number of methoxy groups -OCH3 is 2. The number of hydrogen-bond donors (Lipinski definition) is 0. The highest BCUT2D eigenvalue weighted by atomic mass is 16.6. The molecule has 0 unspecified atom stereocenters. The molecule has 0 radical (unpaired) electrons. The Morgan fingerprint density at radius 1 is 1.03 bits per heavy atom. The van der Waals surface area contributed by atoms with Gasteiger partial charge in [0.05, 0.1) is 25.3 Å². The smallest absolute Gasteiger partial charge is 0.410 e. The maximum absolute atomic E-state index is 12.7. The van der Waals surface area contributed by atoms with Crippen LogP contribution < -0.4 is 14.4 Å². The molecular weight excluding hydrogens is 458 g/mol. The Kier molecular flexibility index (Phi) is 6.18. The summed E-state index contributed by atoms with van der Waals surface area (Å²) in [5.74, 6) is 2.87. The Bertz CT molecular complexity index is 1250. The van der Waals surface area contributed by atoms with Gasteiger partial charge in [0.15, 0.2) is 0 Å². The average molecular weight is 494 g/mol. The lowest BCUT2D eigenvalue weighted by Crippen LogP contribution is -2.54. The van der Waals surface area contributed by atoms with Gasteiger partial charge in [-0.2, -0.15) is 0 Å². The highest BCUT2D eigenvalue weighted by Crippen LogP contribution is 2.46. The zero-order chi connectivity index (χ0) is 25.6. The molecule has 0 spiro atoms. The van der Waals surface area contributed by atoms with Crippen molar-refractivity contribution in [1.82, 2.24) is 19.4 Å². The monoisotopic (exact) mass is 493 g/mol. The second-order valence-corrected chi connectivity index (χ2v) is 10.7. The summed E-state index contributed by atoms with van der Waals surface area (Å²) in [6.45, 7) is 9.64. The number of carbonyl (C=O) groups excluding carboxylic acids is 1. The number of nitrogens with zero attached hydrogens (tertiary/aromatic N) is 5. The van der Waals surface area contributed by atoms with E-state index in [9.17, 15) is 4.79 Å². The highest BCUT2D eigenvalue weighted by Gasteiger charge is 2.34. The molecule has 3 heterocycles. The number of aromatic nitrogens is 3. The summed E-state index contributed by atoms with van der Waals surface area (Å²) in [7, 11) is 3.31. The van der Waals surface area contributed by atoms with Gasteiger partial charge >= 0.3 is 6.09 Å². The van der Waals surface area contributed by atoms with Crippen LogP contribution in [0.2, 0.25) is 0 Å². The van der Waals surface area contributed by atoms with Crippen molar-refractivity contribution in [2.45, 2.75) is 58.1 Å². The van der Waals surface area contributed by atoms with Gasteiger partial charge in [-0.3, -0.25) is 0 Å². The van der Waals surface area contributed by atoms with Crippen LogP contribution in [0.1, 0.15) is 52.0 Å². The number of benzene rings is 1. The van der Waals surface area contributed by atoms with E-state index in [0.29, 0.717) is 25.6 Å². The summed E-state index contributed by atoms with van der Waals surface area (Å²) in [5, 5.41) is 1.08. The van der Waals surface area contributed by atoms with E-state index in [0.717, 1.165) is 46.9 Å². The maximum Gasteiger partial charge on any atom is 0.410 e. The lowest BCUT2D eigenvalue weighted by molar-refractivity contribution is 0.0218. The Morgan fingerprint density at radius 3 is 2.31 bits per heavy atom. The van der Waals surface area contributed by atoms with Crippen molar-refractivity contribution in [2.24, 2.45) is 0 Å². The molecule has 1 aliphatic heterocycles. The number of fused-ring (bicyclic) bond motifs is 1. The molecule has 3 aromatic rings. The predicted octanol–water partition coefficient (Wildman–Crippen LogP) is 4.76. The predicted molar refractivity (Wildman–Crippen MR) is 139 cm³/mol. The third-order valence-corrected chi connectivity index (χ3v) is 6.78. The molecule has 2 aromatic heterocycles. The molecule has 192 valence electrons. The van der Waals surface area contributed by atoms with Crippen molar-refractivity contribution < 1.29 is 19.0 Å². The van der Waals surface area contributed by atoms with E-state index >= 15 is 0 Å². The van der Waals surface area contributed by atoms with Crippen LogP contribution in [0.25, 0.3) is 16.7 Å². The first-order chi connectivity index (χ1) is 17.2. The number of rotatable bonds is 5. The van der Waals surface area contributed by atoms with Gasteiger partial charge in [0, 0.05) is 50.1 Å². The fourth-order valence-electron chi connectivity index (χ4n) is 4.89. The van der Waals surface area contributed by atoms with Gasteiger partial charge in [-0.25, -0.2) is 14.8 Å². The van der Waals surface area contributed by atoms with Crippen LogP contribution in [0.15, 0.2) is 30.7 Å². The zero-order valence-corrected chi connectivity index (χ0v) is 21.9. The molecule has 5 rings (SSSR count). The molecule has 1 saturated carbocycles. The van der Waals surface area contributed by atoms with Crippen LogP contribution in [0.5, 0.6) is 11.5 Å². The quantitative estimate of drug-likeness (QED) is 0.507. The molecular formula is C27H35N5O4. The van der Waals surface area contributed by atoms with E-state index < -0.39 is 5.60 Å². The number of carbonyl (C=O) groups is 1. The second kappa shape index (κ2) is 9.19. The molecule has 1 aliphatic carbocycles. The number of amides is 1. The highest BCUT2D eigenvalue weighted by molar-refractivity contribution is 5.93. The fraction of sp³-hybridized carbons (Fsp3) is 0.519. The minimum absolute atomic E-state index is 0.0803. The molecule has 2 aliphatic rings. The van der Waals surface area contributed by atoms with Crippen LogP contribution in [-0.4, -0.2) is 71.0 Å². The first kappa shape index (κ1) is 24.2. The van der Waals surface area contributed by atoms with E-state index in [1.165, 1.54) is 5.56 Å². The Balaban J connectivity index is 1.52. The minimum Gasteiger partial charge on any atom is -0.497 e. The van der Waals surface area contributed by atoms with E-state index in [4.69, 9.17) is 24.2 Å². The number of ether oxygens (including phenoxy) is 3. The van der Waals surface area contributed by atoms with Crippen molar-refractivity contribution in [3.8, 4) is 17.2 Å². The molecule has 9 heteroatoms. The van der Waals surface area contributed by atoms with Crippen molar-refractivity contribution >= 4 is 22.9 Å². The van der Waals surface area contributed by atoms with Crippen molar-refractivity contribution in [2.75, 3.05) is 38.8 Å². The van der Waals surface area contributed by atoms with E-state index in [-0.39, 0.29) is 12.1 Å². The largest absolute Gasteiger partial charge is 0.497 e. The van der Waals surface area contributed by atoms with Gasteiger partial charge in [0.25, 0.3) is 0 Å². The molecule has 9 nitrogen and oxygen atoms in total. The SMILES string of the molecule is COc1cc(OC)cc(-n2cc(C3CC3)c3c(N4CCN(C(=O)OC(C)(C)C)C[C@@H]4C)ncnc32)c1. The molecule has 1 saturated heterocycles. The standard InChI is InChI=1S/C27H35N5O4/c1-17-14-30(26(33)36-27(2,3)4)9-10-31(17)24-23-22(18-7-8-18)15-32(25(23)29-16-28-24)19-11-20(34-5)13-21(12-19)35-6/h11-13,15-18H,7-10,14H2,1-6H3/t17-/m0/s1. The molecule has 0 N–H and O–H groups in total. The summed E-state index contributed by atoms with van der Waals surface area (Å²) in [6, 6.07) is 5.92. The van der Waals surface area contributed by atoms with E-state index in [2.05, 4.69) is 22.6 Å². The first-order valence-corrected chi connectivity index (χ1v) is 12.5. The van der Waals surface area contributed by atoms with Crippen LogP contribution in [0.4, 0.5) is 10.6 Å². The van der Waals surface area contributed by atoms with Gasteiger partial charge in [-0.15, -0.1) is 0 Å². The van der Waals surface area contributed by atoms with Crippen molar-refractivity contribution in [1.29, 1.82) is 0 Å². The van der Waals surface area contributed by atoms with Gasteiger partial charge in [-0.05, 0) is 52.0 Å². The maximum atomic E-state index is 12.7. The number of anilines is 1. The van der Waals surface area contributed by atoms with Crippen molar-refractivity contribution in [3.05, 3.63) is 36.3 Å². The van der Waals surface area contributed by atoms with E-state index in [1.807, 2.05) is 39.0 Å². The van der Waals surface area contributed by atoms with Gasteiger partial charge in [0.2, 0.25) is 0 Å². The fourth-order valence-corrected chi connectivity index (χ4v) is 4.89. The molecule has 2 fully saturated rings. The van der Waals surface area contributed by atoms with Crippen LogP contribution in [0.3, 0.4) is 0 Å². The summed E-state index contributed by atoms with van der Waals surface area (Å²) >= 11 is 0. The lowest BCUT2D eigenvalue weighted by atomic mass is 10.1. The van der Waals surface area contributed by atoms with Crippen molar-refractivity contribution in [3.63, 3.8) is 0 Å². The normalized spacial score (nSPS) is 18.4. The summed E-state index contributed by atoms with van der Waals surface area (Å²) in [4.78, 5) is 26.3. The average Bonchev–Trinajstić information content (AvgIpc) is 3.62. The van der Waals surface area contributed by atoms with Crippen LogP contribution >= 0.6 is 0 Å². The van der Waals surface area contributed by atoms with Crippen LogP contribution in [-0.2, 0) is 4.74 Å².